The Balaban J connectivity index is 1.69. The molecule has 21 heavy (non-hydrogen) atoms. The molecule has 0 unspecified atom stereocenters. The van der Waals surface area contributed by atoms with Gasteiger partial charge in [0.05, 0.1) is 0 Å². The molecule has 0 amide bonds. The van der Waals surface area contributed by atoms with Crippen molar-refractivity contribution in [2.24, 2.45) is 17.3 Å². The molecule has 4 atom stereocenters. The summed E-state index contributed by atoms with van der Waals surface area (Å²) in [7, 11) is 0. The van der Waals surface area contributed by atoms with E-state index in [-0.39, 0.29) is 5.78 Å². The van der Waals surface area contributed by atoms with Gasteiger partial charge in [0.1, 0.15) is 0 Å². The zero-order chi connectivity index (χ0) is 14.6. The van der Waals surface area contributed by atoms with Gasteiger partial charge in [0.2, 0.25) is 0 Å². The molecule has 2 fully saturated rings. The summed E-state index contributed by atoms with van der Waals surface area (Å²) in [6.45, 7) is 4.23. The third-order valence-electron chi connectivity index (χ3n) is 6.91. The number of benzene rings is 1. The summed E-state index contributed by atoms with van der Waals surface area (Å²) < 4.78 is 0. The average Bonchev–Trinajstić information content (AvgIpc) is 2.88. The molecule has 1 heteroatoms. The summed E-state index contributed by atoms with van der Waals surface area (Å²) in [4.78, 5) is 11.6. The fraction of sp³-hybridized carbons (Fsp3) is 0.650. The highest BCUT2D eigenvalue weighted by Crippen LogP contribution is 2.60. The Morgan fingerprint density at radius 1 is 1.19 bits per heavy atom. The summed E-state index contributed by atoms with van der Waals surface area (Å²) in [5.41, 5.74) is 4.57. The minimum atomic E-state index is 0.201. The lowest BCUT2D eigenvalue weighted by Crippen LogP contribution is -2.39. The summed E-state index contributed by atoms with van der Waals surface area (Å²) in [6, 6.07) is 6.52. The van der Waals surface area contributed by atoms with Gasteiger partial charge in [-0.2, -0.15) is 0 Å². The van der Waals surface area contributed by atoms with Crippen LogP contribution < -0.4 is 0 Å². The molecule has 0 radical (unpaired) electrons. The van der Waals surface area contributed by atoms with Crippen molar-refractivity contribution < 1.29 is 4.79 Å². The number of Topliss-reactive ketones (excluding diaryl/α,β-unsaturated/α-hetero) is 1. The number of hydrogen-bond acceptors (Lipinski definition) is 1. The maximum absolute atomic E-state index is 11.6. The molecule has 4 rings (SSSR count). The Bertz CT molecular complexity index is 588. The van der Waals surface area contributed by atoms with E-state index in [4.69, 9.17) is 0 Å². The van der Waals surface area contributed by atoms with Crippen molar-refractivity contribution in [2.75, 3.05) is 0 Å². The quantitative estimate of drug-likeness (QED) is 0.652. The zero-order valence-electron chi connectivity index (χ0n) is 13.3. The number of rotatable bonds is 1. The Kier molecular flexibility index (Phi) is 3.03. The minimum absolute atomic E-state index is 0.201. The van der Waals surface area contributed by atoms with E-state index in [1.54, 1.807) is 12.5 Å². The van der Waals surface area contributed by atoms with Crippen LogP contribution in [0, 0.1) is 17.3 Å². The Morgan fingerprint density at radius 3 is 2.86 bits per heavy atom. The van der Waals surface area contributed by atoms with Crippen molar-refractivity contribution in [1.82, 2.24) is 0 Å². The van der Waals surface area contributed by atoms with Gasteiger partial charge >= 0.3 is 0 Å². The fourth-order valence-electron chi connectivity index (χ4n) is 5.79. The van der Waals surface area contributed by atoms with Crippen LogP contribution in [0.15, 0.2) is 18.2 Å². The number of hydrogen-bond donors (Lipinski definition) is 0. The van der Waals surface area contributed by atoms with Crippen molar-refractivity contribution in [1.29, 1.82) is 0 Å². The summed E-state index contributed by atoms with van der Waals surface area (Å²) in [5, 5.41) is 0. The lowest BCUT2D eigenvalue weighted by molar-refractivity contribution is 0.0598. The molecule has 0 aliphatic heterocycles. The summed E-state index contributed by atoms with van der Waals surface area (Å²) in [5.74, 6) is 2.83. The molecule has 1 aromatic rings. The van der Waals surface area contributed by atoms with Crippen LogP contribution in [0.25, 0.3) is 0 Å². The number of carbonyl (C=O) groups is 1. The lowest BCUT2D eigenvalue weighted by atomic mass is 9.56. The van der Waals surface area contributed by atoms with Crippen molar-refractivity contribution in [2.45, 2.75) is 64.7 Å². The van der Waals surface area contributed by atoms with Crippen molar-refractivity contribution in [3.8, 4) is 0 Å². The molecular weight excluding hydrogens is 256 g/mol. The average molecular weight is 282 g/mol. The highest BCUT2D eigenvalue weighted by Gasteiger charge is 2.50. The van der Waals surface area contributed by atoms with Crippen LogP contribution in [-0.2, 0) is 6.42 Å². The van der Waals surface area contributed by atoms with Crippen LogP contribution in [0.4, 0.5) is 0 Å². The second kappa shape index (κ2) is 4.69. The monoisotopic (exact) mass is 282 g/mol. The molecule has 0 heterocycles. The number of ketones is 1. The van der Waals surface area contributed by atoms with Crippen molar-refractivity contribution in [3.63, 3.8) is 0 Å². The maximum Gasteiger partial charge on any atom is 0.159 e. The van der Waals surface area contributed by atoms with Crippen LogP contribution in [0.2, 0.25) is 0 Å². The van der Waals surface area contributed by atoms with Crippen LogP contribution in [0.5, 0.6) is 0 Å². The van der Waals surface area contributed by atoms with E-state index in [2.05, 4.69) is 25.1 Å². The molecule has 3 aliphatic carbocycles. The molecule has 3 aliphatic rings. The zero-order valence-corrected chi connectivity index (χ0v) is 13.3. The first-order valence-corrected chi connectivity index (χ1v) is 8.72. The van der Waals surface area contributed by atoms with Gasteiger partial charge < -0.3 is 0 Å². The standard InChI is InChI=1S/C20H26O/c1-13(21)14-5-7-16-15(12-14)6-8-18-17(16)9-11-20(2)10-3-4-19(18)20/h5,7,12,17-19H,3-4,6,8-11H2,1-2H3/t17-,18-,19+,20+/m1/s1. The molecular formula is C20H26O. The smallest absolute Gasteiger partial charge is 0.159 e. The van der Waals surface area contributed by atoms with E-state index in [1.165, 1.54) is 50.5 Å². The van der Waals surface area contributed by atoms with E-state index in [0.717, 1.165) is 23.3 Å². The Labute approximate surface area is 128 Å². The molecule has 112 valence electrons. The van der Waals surface area contributed by atoms with Gasteiger partial charge in [-0.25, -0.2) is 0 Å². The third-order valence-corrected chi connectivity index (χ3v) is 6.91. The normalized spacial score (nSPS) is 37.5. The van der Waals surface area contributed by atoms with Gasteiger partial charge in [-0.1, -0.05) is 25.5 Å². The second-order valence-electron chi connectivity index (χ2n) is 7.97. The molecule has 2 saturated carbocycles. The van der Waals surface area contributed by atoms with Gasteiger partial charge in [-0.15, -0.1) is 0 Å². The van der Waals surface area contributed by atoms with Gasteiger partial charge in [0.15, 0.2) is 5.78 Å². The molecule has 0 spiro atoms. The van der Waals surface area contributed by atoms with E-state index < -0.39 is 0 Å². The SMILES string of the molecule is CC(=O)c1ccc2c(c1)CC[C@@H]1[C@@H]2CC[C@]2(C)CCC[C@@H]12. The fourth-order valence-corrected chi connectivity index (χ4v) is 5.79. The van der Waals surface area contributed by atoms with Gasteiger partial charge in [0, 0.05) is 5.56 Å². The van der Waals surface area contributed by atoms with E-state index in [9.17, 15) is 4.79 Å². The van der Waals surface area contributed by atoms with Gasteiger partial charge in [-0.05, 0) is 85.8 Å². The predicted molar refractivity (Wildman–Crippen MR) is 85.7 cm³/mol. The second-order valence-corrected chi connectivity index (χ2v) is 7.97. The topological polar surface area (TPSA) is 17.1 Å². The predicted octanol–water partition coefficient (Wildman–Crippen LogP) is 5.14. The van der Waals surface area contributed by atoms with Crippen LogP contribution in [-0.4, -0.2) is 5.78 Å². The summed E-state index contributed by atoms with van der Waals surface area (Å²) >= 11 is 0. The minimum Gasteiger partial charge on any atom is -0.295 e. The number of carbonyl (C=O) groups excluding carboxylic acids is 1. The molecule has 0 aromatic heterocycles. The molecule has 0 bridgehead atoms. The molecule has 0 saturated heterocycles. The first kappa shape index (κ1) is 13.5. The first-order valence-electron chi connectivity index (χ1n) is 8.72. The molecule has 0 N–H and O–H groups in total. The van der Waals surface area contributed by atoms with E-state index in [1.807, 2.05) is 0 Å². The van der Waals surface area contributed by atoms with Gasteiger partial charge in [0.25, 0.3) is 0 Å². The lowest BCUT2D eigenvalue weighted by Gasteiger charge is -2.49. The summed E-state index contributed by atoms with van der Waals surface area (Å²) in [6.07, 6.45) is 9.66. The van der Waals surface area contributed by atoms with Crippen molar-refractivity contribution in [3.05, 3.63) is 34.9 Å². The molecule has 1 nitrogen and oxygen atoms in total. The van der Waals surface area contributed by atoms with E-state index in [0.29, 0.717) is 5.41 Å². The van der Waals surface area contributed by atoms with Crippen LogP contribution in [0.3, 0.4) is 0 Å². The Morgan fingerprint density at radius 2 is 2.05 bits per heavy atom. The maximum atomic E-state index is 11.6. The van der Waals surface area contributed by atoms with E-state index >= 15 is 0 Å². The van der Waals surface area contributed by atoms with Crippen LogP contribution in [0.1, 0.15) is 79.8 Å². The van der Waals surface area contributed by atoms with Crippen molar-refractivity contribution >= 4 is 5.78 Å². The number of aryl methyl sites for hydroxylation is 1. The van der Waals surface area contributed by atoms with Gasteiger partial charge in [-0.3, -0.25) is 4.79 Å². The van der Waals surface area contributed by atoms with Crippen LogP contribution >= 0.6 is 0 Å². The highest BCUT2D eigenvalue weighted by atomic mass is 16.1. The third kappa shape index (κ3) is 2.00. The largest absolute Gasteiger partial charge is 0.295 e. The Hall–Kier alpha value is -1.11. The first-order chi connectivity index (χ1) is 10.1. The number of fused-ring (bicyclic) bond motifs is 5. The highest BCUT2D eigenvalue weighted by molar-refractivity contribution is 5.94. The molecule has 1 aromatic carbocycles.